The van der Waals surface area contributed by atoms with Gasteiger partial charge >= 0.3 is 0 Å². The minimum atomic E-state index is -0.367. The van der Waals surface area contributed by atoms with Gasteiger partial charge in [-0.15, -0.1) is 0 Å². The molecular weight excluding hydrogens is 254 g/mol. The molecule has 1 spiro atoms. The third-order valence-electron chi connectivity index (χ3n) is 5.92. The van der Waals surface area contributed by atoms with Crippen molar-refractivity contribution in [3.05, 3.63) is 23.3 Å². The molecule has 0 aromatic heterocycles. The Morgan fingerprint density at radius 3 is 3.20 bits per heavy atom. The van der Waals surface area contributed by atoms with Crippen molar-refractivity contribution in [1.82, 2.24) is 5.32 Å². The van der Waals surface area contributed by atoms with Gasteiger partial charge in [-0.3, -0.25) is 4.79 Å². The Morgan fingerprint density at radius 2 is 2.30 bits per heavy atom. The van der Waals surface area contributed by atoms with Gasteiger partial charge in [0.05, 0.1) is 0 Å². The lowest BCUT2D eigenvalue weighted by Gasteiger charge is -2.54. The Bertz CT molecular complexity index is 641. The third kappa shape index (κ3) is 1.04. The third-order valence-corrected chi connectivity index (χ3v) is 5.92. The molecule has 2 heterocycles. The van der Waals surface area contributed by atoms with Gasteiger partial charge in [-0.25, -0.2) is 0 Å². The van der Waals surface area contributed by atoms with Crippen molar-refractivity contribution < 1.29 is 14.6 Å². The number of hydrogen-bond donors (Lipinski definition) is 2. The van der Waals surface area contributed by atoms with E-state index < -0.39 is 0 Å². The fourth-order valence-corrected chi connectivity index (χ4v) is 5.25. The van der Waals surface area contributed by atoms with E-state index in [1.54, 1.807) is 6.07 Å². The number of rotatable bonds is 0. The molecule has 2 aliphatic carbocycles. The molecule has 1 saturated carbocycles. The van der Waals surface area contributed by atoms with Crippen molar-refractivity contribution in [3.8, 4) is 11.5 Å². The van der Waals surface area contributed by atoms with Gasteiger partial charge in [-0.05, 0) is 43.4 Å². The Hall–Kier alpha value is -1.55. The number of benzene rings is 1. The van der Waals surface area contributed by atoms with E-state index in [9.17, 15) is 9.90 Å². The maximum Gasteiger partial charge on any atom is 0.174 e. The lowest BCUT2D eigenvalue weighted by Crippen LogP contribution is -2.65. The van der Waals surface area contributed by atoms with Crippen LogP contribution in [0.5, 0.6) is 11.5 Å². The fraction of sp³-hybridized carbons (Fsp3) is 0.562. The van der Waals surface area contributed by atoms with Crippen molar-refractivity contribution >= 4 is 5.78 Å². The van der Waals surface area contributed by atoms with Crippen molar-refractivity contribution in [2.75, 3.05) is 6.54 Å². The van der Waals surface area contributed by atoms with E-state index in [1.165, 1.54) is 5.56 Å². The summed E-state index contributed by atoms with van der Waals surface area (Å²) in [6.45, 7) is 0.933. The number of carbonyl (C=O) groups excluding carboxylic acids is 1. The second-order valence-electron chi connectivity index (χ2n) is 6.61. The van der Waals surface area contributed by atoms with Gasteiger partial charge in [0.1, 0.15) is 0 Å². The van der Waals surface area contributed by atoms with Crippen molar-refractivity contribution in [1.29, 1.82) is 0 Å². The molecule has 4 heteroatoms. The lowest BCUT2D eigenvalue weighted by atomic mass is 9.52. The molecule has 1 aromatic rings. The molecule has 1 unspecified atom stereocenters. The minimum Gasteiger partial charge on any atom is -0.504 e. The number of phenols is 1. The van der Waals surface area contributed by atoms with Gasteiger partial charge in [0.2, 0.25) is 0 Å². The predicted octanol–water partition coefficient (Wildman–Crippen LogP) is 1.29. The highest BCUT2D eigenvalue weighted by molar-refractivity contribution is 5.89. The fourth-order valence-electron chi connectivity index (χ4n) is 5.25. The van der Waals surface area contributed by atoms with E-state index in [1.807, 2.05) is 6.07 Å². The van der Waals surface area contributed by atoms with Crippen LogP contribution in [0, 0.1) is 5.92 Å². The first-order valence-electron chi connectivity index (χ1n) is 7.50. The summed E-state index contributed by atoms with van der Waals surface area (Å²) >= 11 is 0. The summed E-state index contributed by atoms with van der Waals surface area (Å²) in [5, 5.41) is 13.8. The summed E-state index contributed by atoms with van der Waals surface area (Å²) in [5.41, 5.74) is 2.23. The molecule has 5 rings (SSSR count). The molecule has 1 aromatic carbocycles. The number of hydrogen-bond acceptors (Lipinski definition) is 4. The molecule has 2 aliphatic heterocycles. The van der Waals surface area contributed by atoms with E-state index in [4.69, 9.17) is 4.74 Å². The molecular formula is C16H17NO3. The van der Waals surface area contributed by atoms with Crippen molar-refractivity contribution in [2.24, 2.45) is 5.92 Å². The number of aromatic hydroxyl groups is 1. The van der Waals surface area contributed by atoms with E-state index in [0.717, 1.165) is 31.4 Å². The minimum absolute atomic E-state index is 0.174. The SMILES string of the molecule is O=C1CCC2[C@H]3Cc4ccc(O)c5c4[C@@]2(CCN3)[C@H]1O5. The molecule has 20 heavy (non-hydrogen) atoms. The molecule has 2 fully saturated rings. The second-order valence-corrected chi connectivity index (χ2v) is 6.61. The van der Waals surface area contributed by atoms with Crippen molar-refractivity contribution in [3.63, 3.8) is 0 Å². The molecule has 2 bridgehead atoms. The van der Waals surface area contributed by atoms with E-state index in [0.29, 0.717) is 24.1 Å². The van der Waals surface area contributed by atoms with Gasteiger partial charge in [0, 0.05) is 23.4 Å². The molecule has 0 amide bonds. The van der Waals surface area contributed by atoms with Gasteiger partial charge in [-0.2, -0.15) is 0 Å². The molecule has 4 nitrogen and oxygen atoms in total. The molecule has 104 valence electrons. The summed E-state index contributed by atoms with van der Waals surface area (Å²) in [7, 11) is 0. The number of piperidine rings is 1. The Labute approximate surface area is 117 Å². The monoisotopic (exact) mass is 271 g/mol. The number of ketones is 1. The van der Waals surface area contributed by atoms with Crippen LogP contribution < -0.4 is 10.1 Å². The van der Waals surface area contributed by atoms with Crippen LogP contribution >= 0.6 is 0 Å². The zero-order valence-electron chi connectivity index (χ0n) is 11.2. The smallest absolute Gasteiger partial charge is 0.174 e. The molecule has 4 atom stereocenters. The Morgan fingerprint density at radius 1 is 1.40 bits per heavy atom. The topological polar surface area (TPSA) is 58.6 Å². The highest BCUT2D eigenvalue weighted by Gasteiger charge is 2.64. The second kappa shape index (κ2) is 3.37. The first-order chi connectivity index (χ1) is 9.72. The maximum absolute atomic E-state index is 12.4. The van der Waals surface area contributed by atoms with Crippen LogP contribution in [0.25, 0.3) is 0 Å². The van der Waals surface area contributed by atoms with Crippen LogP contribution in [0.2, 0.25) is 0 Å². The number of Topliss-reactive ketones (excluding diaryl/α,β-unsaturated/α-hetero) is 1. The highest BCUT2D eigenvalue weighted by Crippen LogP contribution is 2.61. The van der Waals surface area contributed by atoms with Crippen LogP contribution in [-0.4, -0.2) is 29.6 Å². The number of carbonyl (C=O) groups is 1. The largest absolute Gasteiger partial charge is 0.504 e. The number of nitrogens with one attached hydrogen (secondary N) is 1. The van der Waals surface area contributed by atoms with Gasteiger partial charge in [-0.1, -0.05) is 6.07 Å². The van der Waals surface area contributed by atoms with Crippen LogP contribution in [-0.2, 0) is 16.6 Å². The normalized spacial score (nSPS) is 40.2. The van der Waals surface area contributed by atoms with Crippen molar-refractivity contribution in [2.45, 2.75) is 43.2 Å². The zero-order valence-corrected chi connectivity index (χ0v) is 11.2. The van der Waals surface area contributed by atoms with Gasteiger partial charge in [0.25, 0.3) is 0 Å². The number of phenolic OH excluding ortho intramolecular Hbond substituents is 1. The Balaban J connectivity index is 1.85. The molecule has 4 aliphatic rings. The standard InChI is InChI=1S/C16H17NO3/c18-11-3-1-8-7-10-9-2-4-12(19)15-16(9,5-6-17-10)13(8)14(11)20-15/h1,3,9-10,15,17-18H,2,4-7H2/t9?,10-,15+,16+/m1/s1. The van der Waals surface area contributed by atoms with E-state index in [2.05, 4.69) is 5.32 Å². The van der Waals surface area contributed by atoms with Crippen LogP contribution in [0.3, 0.4) is 0 Å². The van der Waals surface area contributed by atoms with Crippen LogP contribution in [0.4, 0.5) is 0 Å². The summed E-state index contributed by atoms with van der Waals surface area (Å²) in [4.78, 5) is 12.4. The van der Waals surface area contributed by atoms with Gasteiger partial charge in [0.15, 0.2) is 23.4 Å². The maximum atomic E-state index is 12.4. The summed E-state index contributed by atoms with van der Waals surface area (Å²) in [6.07, 6.45) is 3.12. The summed E-state index contributed by atoms with van der Waals surface area (Å²) in [5.74, 6) is 1.46. The molecule has 1 saturated heterocycles. The summed E-state index contributed by atoms with van der Waals surface area (Å²) in [6, 6.07) is 4.17. The number of ether oxygens (including phenoxy) is 1. The first kappa shape index (κ1) is 11.1. The highest BCUT2D eigenvalue weighted by atomic mass is 16.5. The zero-order chi connectivity index (χ0) is 13.5. The first-order valence-corrected chi connectivity index (χ1v) is 7.50. The Kier molecular flexibility index (Phi) is 1.88. The van der Waals surface area contributed by atoms with Crippen LogP contribution in [0.15, 0.2) is 12.1 Å². The van der Waals surface area contributed by atoms with Crippen LogP contribution in [0.1, 0.15) is 30.4 Å². The average molecular weight is 271 g/mol. The quantitative estimate of drug-likeness (QED) is 0.746. The molecule has 0 radical (unpaired) electrons. The lowest BCUT2D eigenvalue weighted by molar-refractivity contribution is -0.135. The average Bonchev–Trinajstić information content (AvgIpc) is 2.78. The van der Waals surface area contributed by atoms with E-state index in [-0.39, 0.29) is 23.1 Å². The summed E-state index contributed by atoms with van der Waals surface area (Å²) < 4.78 is 5.99. The van der Waals surface area contributed by atoms with Gasteiger partial charge < -0.3 is 15.2 Å². The predicted molar refractivity (Wildman–Crippen MR) is 72.0 cm³/mol. The molecule has 2 N–H and O–H groups in total. The van der Waals surface area contributed by atoms with E-state index >= 15 is 0 Å².